The zero-order valence-electron chi connectivity index (χ0n) is 24.1. The summed E-state index contributed by atoms with van der Waals surface area (Å²) in [6, 6.07) is 28.5. The molecule has 216 valence electrons. The molecule has 1 aliphatic rings. The fourth-order valence-corrected chi connectivity index (χ4v) is 6.40. The molecule has 0 bridgehead atoms. The number of benzene rings is 4. The second-order valence-electron chi connectivity index (χ2n) is 10.0. The zero-order valence-corrected chi connectivity index (χ0v) is 24.9. The van der Waals surface area contributed by atoms with Crippen LogP contribution in [0.2, 0.25) is 0 Å². The van der Waals surface area contributed by atoms with Crippen LogP contribution in [0.15, 0.2) is 112 Å². The number of carbonyl (C=O) groups excluding carboxylic acids is 1. The lowest BCUT2D eigenvalue weighted by Gasteiger charge is -2.27. The number of rotatable bonds is 8. The Labute approximate surface area is 252 Å². The number of allylic oxidation sites excluding steroid dienone is 1. The van der Waals surface area contributed by atoms with Crippen LogP contribution in [-0.2, 0) is 16.1 Å². The molecule has 0 N–H and O–H groups in total. The van der Waals surface area contributed by atoms with Gasteiger partial charge in [-0.05, 0) is 60.0 Å². The third-order valence-electron chi connectivity index (χ3n) is 7.37. The van der Waals surface area contributed by atoms with Gasteiger partial charge in [-0.3, -0.25) is 9.36 Å². The minimum absolute atomic E-state index is 0.199. The van der Waals surface area contributed by atoms with Crippen molar-refractivity contribution < 1.29 is 19.0 Å². The number of hydrogen-bond acceptors (Lipinski definition) is 7. The van der Waals surface area contributed by atoms with Crippen molar-refractivity contribution in [2.45, 2.75) is 26.5 Å². The molecule has 0 saturated carbocycles. The highest BCUT2D eigenvalue weighted by atomic mass is 32.1. The molecule has 0 spiro atoms. The van der Waals surface area contributed by atoms with Crippen LogP contribution in [0.3, 0.4) is 0 Å². The van der Waals surface area contributed by atoms with E-state index >= 15 is 0 Å². The van der Waals surface area contributed by atoms with Gasteiger partial charge in [-0.25, -0.2) is 9.79 Å². The van der Waals surface area contributed by atoms with E-state index in [0.29, 0.717) is 38.5 Å². The third kappa shape index (κ3) is 5.49. The smallest absolute Gasteiger partial charge is 0.338 e. The Morgan fingerprint density at radius 1 is 0.977 bits per heavy atom. The predicted molar refractivity (Wildman–Crippen MR) is 168 cm³/mol. The molecule has 2 heterocycles. The van der Waals surface area contributed by atoms with Crippen LogP contribution in [0.4, 0.5) is 0 Å². The molecular weight excluding hydrogens is 560 g/mol. The molecule has 0 radical (unpaired) electrons. The zero-order chi connectivity index (χ0) is 29.9. The van der Waals surface area contributed by atoms with Crippen molar-refractivity contribution in [2.75, 3.05) is 13.7 Å². The highest BCUT2D eigenvalue weighted by molar-refractivity contribution is 7.07. The Bertz CT molecular complexity index is 2030. The van der Waals surface area contributed by atoms with Crippen molar-refractivity contribution in [3.63, 3.8) is 0 Å². The van der Waals surface area contributed by atoms with Crippen LogP contribution >= 0.6 is 11.3 Å². The first kappa shape index (κ1) is 28.2. The highest BCUT2D eigenvalue weighted by Crippen LogP contribution is 2.40. The van der Waals surface area contributed by atoms with Crippen molar-refractivity contribution in [3.05, 3.63) is 139 Å². The average Bonchev–Trinajstić information content (AvgIpc) is 3.33. The van der Waals surface area contributed by atoms with Crippen molar-refractivity contribution in [3.8, 4) is 11.5 Å². The molecule has 4 aromatic carbocycles. The molecule has 1 atom stereocenters. The van der Waals surface area contributed by atoms with Gasteiger partial charge in [0.05, 0.1) is 29.5 Å². The molecule has 5 aromatic rings. The van der Waals surface area contributed by atoms with Gasteiger partial charge in [-0.1, -0.05) is 84.1 Å². The Hall–Kier alpha value is -4.95. The summed E-state index contributed by atoms with van der Waals surface area (Å²) in [5, 5.41) is 1.84. The minimum atomic E-state index is -0.785. The summed E-state index contributed by atoms with van der Waals surface area (Å²) in [4.78, 5) is 32.8. The Morgan fingerprint density at radius 3 is 2.47 bits per heavy atom. The van der Waals surface area contributed by atoms with Gasteiger partial charge < -0.3 is 14.2 Å². The van der Waals surface area contributed by atoms with Gasteiger partial charge in [0.25, 0.3) is 5.56 Å². The fourth-order valence-electron chi connectivity index (χ4n) is 5.35. The summed E-state index contributed by atoms with van der Waals surface area (Å²) in [6.07, 6.45) is 1.84. The van der Waals surface area contributed by atoms with Crippen LogP contribution in [0.1, 0.15) is 36.6 Å². The molecule has 0 saturated heterocycles. The fraction of sp³-hybridized carbons (Fsp3) is 0.171. The standard InChI is InChI=1S/C35H30N2O5S/c1-4-41-34(39)30-22(2)36-35-37(32(30)31-27-13-9-8-12-25(27)16-19-28(31)40-3)33(38)29(43-35)20-23-14-17-26(18-15-23)42-21-24-10-6-5-7-11-24/h5-20,32H,4,21H2,1-3H3/b29-20+/t32-/m0/s1. The number of hydrogen-bond donors (Lipinski definition) is 0. The SMILES string of the molecule is CCOC(=O)C1=C(C)N=c2s/c(=C/c3ccc(OCc4ccccc4)cc3)c(=O)n2[C@@H]1c1c(OC)ccc2ccccc12. The predicted octanol–water partition coefficient (Wildman–Crippen LogP) is 5.54. The number of esters is 1. The van der Waals surface area contributed by atoms with Crippen molar-refractivity contribution in [2.24, 2.45) is 4.99 Å². The molecule has 8 heteroatoms. The Kier molecular flexibility index (Phi) is 7.94. The van der Waals surface area contributed by atoms with Gasteiger partial charge in [0.1, 0.15) is 24.1 Å². The van der Waals surface area contributed by atoms with Crippen molar-refractivity contribution in [1.82, 2.24) is 4.57 Å². The third-order valence-corrected chi connectivity index (χ3v) is 8.35. The number of nitrogens with zero attached hydrogens (tertiary/aromatic N) is 2. The van der Waals surface area contributed by atoms with E-state index < -0.39 is 12.0 Å². The van der Waals surface area contributed by atoms with Crippen LogP contribution in [0, 0.1) is 0 Å². The number of methoxy groups -OCH3 is 1. The van der Waals surface area contributed by atoms with E-state index in [2.05, 4.69) is 0 Å². The first-order chi connectivity index (χ1) is 21.0. The molecule has 1 aromatic heterocycles. The summed E-state index contributed by atoms with van der Waals surface area (Å²) < 4.78 is 19.3. The minimum Gasteiger partial charge on any atom is -0.496 e. The van der Waals surface area contributed by atoms with Gasteiger partial charge in [0.2, 0.25) is 0 Å². The van der Waals surface area contributed by atoms with Gasteiger partial charge >= 0.3 is 5.97 Å². The maximum atomic E-state index is 14.1. The first-order valence-corrected chi connectivity index (χ1v) is 14.8. The summed E-state index contributed by atoms with van der Waals surface area (Å²) >= 11 is 1.29. The Balaban J connectivity index is 1.46. The topological polar surface area (TPSA) is 79.1 Å². The van der Waals surface area contributed by atoms with Crippen LogP contribution in [0.25, 0.3) is 16.8 Å². The Morgan fingerprint density at radius 2 is 1.72 bits per heavy atom. The largest absolute Gasteiger partial charge is 0.496 e. The molecule has 0 amide bonds. The van der Waals surface area contributed by atoms with Gasteiger partial charge in [-0.15, -0.1) is 0 Å². The van der Waals surface area contributed by atoms with Gasteiger partial charge in [0.15, 0.2) is 4.80 Å². The van der Waals surface area contributed by atoms with Gasteiger partial charge in [0, 0.05) is 5.56 Å². The number of aromatic nitrogens is 1. The van der Waals surface area contributed by atoms with E-state index in [1.54, 1.807) is 25.5 Å². The number of thiazole rings is 1. The summed E-state index contributed by atoms with van der Waals surface area (Å²) in [7, 11) is 1.59. The average molecular weight is 591 g/mol. The molecule has 0 unspecified atom stereocenters. The molecule has 6 rings (SSSR count). The molecule has 43 heavy (non-hydrogen) atoms. The maximum Gasteiger partial charge on any atom is 0.338 e. The summed E-state index contributed by atoms with van der Waals surface area (Å²) in [5.74, 6) is 0.796. The van der Waals surface area contributed by atoms with E-state index in [1.807, 2.05) is 97.1 Å². The van der Waals surface area contributed by atoms with Crippen LogP contribution in [0.5, 0.6) is 11.5 Å². The van der Waals surface area contributed by atoms with E-state index in [4.69, 9.17) is 19.2 Å². The maximum absolute atomic E-state index is 14.1. The normalized spacial score (nSPS) is 14.8. The van der Waals surface area contributed by atoms with E-state index in [-0.39, 0.29) is 12.2 Å². The van der Waals surface area contributed by atoms with E-state index in [0.717, 1.165) is 27.6 Å². The summed E-state index contributed by atoms with van der Waals surface area (Å²) in [5.41, 5.74) is 3.22. The summed E-state index contributed by atoms with van der Waals surface area (Å²) in [6.45, 7) is 4.21. The second kappa shape index (κ2) is 12.1. The van der Waals surface area contributed by atoms with E-state index in [1.165, 1.54) is 11.3 Å². The van der Waals surface area contributed by atoms with Gasteiger partial charge in [-0.2, -0.15) is 0 Å². The monoisotopic (exact) mass is 590 g/mol. The lowest BCUT2D eigenvalue weighted by Crippen LogP contribution is -2.40. The number of ether oxygens (including phenoxy) is 3. The lowest BCUT2D eigenvalue weighted by atomic mass is 9.90. The molecular formula is C35H30N2O5S. The number of carbonyl (C=O) groups is 1. The van der Waals surface area contributed by atoms with Crippen molar-refractivity contribution >= 4 is 34.2 Å². The number of fused-ring (bicyclic) bond motifs is 2. The highest BCUT2D eigenvalue weighted by Gasteiger charge is 2.36. The quantitative estimate of drug-likeness (QED) is 0.222. The molecule has 0 fully saturated rings. The lowest BCUT2D eigenvalue weighted by molar-refractivity contribution is -0.139. The second-order valence-corrected chi connectivity index (χ2v) is 11.1. The van der Waals surface area contributed by atoms with E-state index in [9.17, 15) is 9.59 Å². The first-order valence-electron chi connectivity index (χ1n) is 14.0. The molecule has 7 nitrogen and oxygen atoms in total. The van der Waals surface area contributed by atoms with Crippen LogP contribution < -0.4 is 24.4 Å². The molecule has 0 aliphatic carbocycles. The van der Waals surface area contributed by atoms with Crippen LogP contribution in [-0.4, -0.2) is 24.3 Å². The van der Waals surface area contributed by atoms with Crippen molar-refractivity contribution in [1.29, 1.82) is 0 Å². The molecule has 1 aliphatic heterocycles.